The molecule has 2 heterocycles. The Kier molecular flexibility index (Phi) is 8.39. The van der Waals surface area contributed by atoms with E-state index >= 15 is 0 Å². The number of aromatic nitrogens is 4. The molecular weight excluding hydrogens is 715 g/mol. The molecule has 0 aliphatic heterocycles. The van der Waals surface area contributed by atoms with Gasteiger partial charge in [-0.2, -0.15) is 36.9 Å². The van der Waals surface area contributed by atoms with Crippen molar-refractivity contribution in [3.05, 3.63) is 156 Å². The first-order valence-electron chi connectivity index (χ1n) is 16.6. The molecule has 6 aromatic carbocycles. The van der Waals surface area contributed by atoms with Gasteiger partial charge in [-0.05, 0) is 65.7 Å². The number of hydrogen-bond donors (Lipinski definition) is 0. The molecule has 0 N–H and O–H groups in total. The zero-order valence-electron chi connectivity index (χ0n) is 28.2. The van der Waals surface area contributed by atoms with E-state index < -0.39 is 23.5 Å². The predicted octanol–water partition coefficient (Wildman–Crippen LogP) is 11.4. The fourth-order valence-electron chi connectivity index (χ4n) is 6.58. The van der Waals surface area contributed by atoms with Gasteiger partial charge in [-0.3, -0.25) is 0 Å². The Morgan fingerprint density at radius 2 is 0.927 bits per heavy atom. The molecule has 0 fully saturated rings. The summed E-state index contributed by atoms with van der Waals surface area (Å²) < 4.78 is 86.8. The maximum absolute atomic E-state index is 14.2. The standard InChI is InChI=1S/C43H22F6N6/c44-42(45,46)30-19-29(20-31(21-30)43(47,48)49)33-16-13-32(55-37-17-25(23-50)11-14-34(37)35-15-12-26(24-51)18-38(35)55)22-36(33)41-53-39(27-7-3-1-4-8-27)52-40(54-41)28-9-5-2-6-10-28/h1-22H. The second-order valence-corrected chi connectivity index (χ2v) is 12.6. The summed E-state index contributed by atoms with van der Waals surface area (Å²) in [4.78, 5) is 14.2. The minimum absolute atomic E-state index is 0.0132. The first-order chi connectivity index (χ1) is 26.4. The van der Waals surface area contributed by atoms with Crippen molar-refractivity contribution in [2.45, 2.75) is 12.4 Å². The number of hydrogen-bond acceptors (Lipinski definition) is 5. The van der Waals surface area contributed by atoms with Crippen molar-refractivity contribution in [3.63, 3.8) is 0 Å². The minimum Gasteiger partial charge on any atom is -0.309 e. The third kappa shape index (κ3) is 6.51. The molecule has 2 aromatic heterocycles. The number of halogens is 6. The van der Waals surface area contributed by atoms with Crippen molar-refractivity contribution in [2.24, 2.45) is 0 Å². The summed E-state index contributed by atoms with van der Waals surface area (Å²) in [5, 5.41) is 21.1. The summed E-state index contributed by atoms with van der Waals surface area (Å²) in [5.74, 6) is 0.414. The topological polar surface area (TPSA) is 91.2 Å². The van der Waals surface area contributed by atoms with E-state index in [1.165, 1.54) is 6.07 Å². The Bertz CT molecular complexity index is 2710. The van der Waals surface area contributed by atoms with Crippen molar-refractivity contribution in [1.29, 1.82) is 10.5 Å². The summed E-state index contributed by atoms with van der Waals surface area (Å²) in [6.07, 6.45) is -10.2. The third-order valence-electron chi connectivity index (χ3n) is 9.13. The second kappa shape index (κ2) is 13.3. The fourth-order valence-corrected chi connectivity index (χ4v) is 6.58. The lowest BCUT2D eigenvalue weighted by atomic mass is 9.94. The molecule has 0 saturated heterocycles. The van der Waals surface area contributed by atoms with Gasteiger partial charge < -0.3 is 4.57 Å². The minimum atomic E-state index is -5.09. The van der Waals surface area contributed by atoms with Gasteiger partial charge in [-0.15, -0.1) is 0 Å². The van der Waals surface area contributed by atoms with Gasteiger partial charge in [0.15, 0.2) is 17.5 Å². The summed E-state index contributed by atoms with van der Waals surface area (Å²) in [5.41, 5.74) is 0.197. The van der Waals surface area contributed by atoms with Crippen LogP contribution in [-0.4, -0.2) is 19.5 Å². The zero-order chi connectivity index (χ0) is 38.5. The largest absolute Gasteiger partial charge is 0.416 e. The lowest BCUT2D eigenvalue weighted by Crippen LogP contribution is -2.11. The molecule has 0 atom stereocenters. The Morgan fingerprint density at radius 1 is 0.455 bits per heavy atom. The van der Waals surface area contributed by atoms with Crippen LogP contribution in [0, 0.1) is 22.7 Å². The Hall–Kier alpha value is -7.31. The predicted molar refractivity (Wildman–Crippen MR) is 195 cm³/mol. The Labute approximate surface area is 308 Å². The van der Waals surface area contributed by atoms with E-state index in [0.717, 1.165) is 10.8 Å². The molecular formula is C43H22F6N6. The van der Waals surface area contributed by atoms with Crippen LogP contribution in [0.1, 0.15) is 22.3 Å². The Morgan fingerprint density at radius 3 is 1.38 bits per heavy atom. The number of alkyl halides is 6. The average molecular weight is 737 g/mol. The van der Waals surface area contributed by atoms with Crippen molar-refractivity contribution in [1.82, 2.24) is 19.5 Å². The molecule has 0 aliphatic rings. The smallest absolute Gasteiger partial charge is 0.309 e. The van der Waals surface area contributed by atoms with E-state index in [2.05, 4.69) is 12.1 Å². The van der Waals surface area contributed by atoms with Gasteiger partial charge in [0.05, 0.1) is 45.4 Å². The van der Waals surface area contributed by atoms with Crippen molar-refractivity contribution in [3.8, 4) is 63.1 Å². The van der Waals surface area contributed by atoms with Gasteiger partial charge in [0, 0.05) is 33.2 Å². The van der Waals surface area contributed by atoms with Crippen LogP contribution >= 0.6 is 0 Å². The molecule has 0 aliphatic carbocycles. The summed E-state index contributed by atoms with van der Waals surface area (Å²) in [6, 6.07) is 38.3. The molecule has 266 valence electrons. The van der Waals surface area contributed by atoms with E-state index in [0.29, 0.717) is 51.1 Å². The molecule has 0 amide bonds. The maximum atomic E-state index is 14.2. The van der Waals surface area contributed by atoms with Crippen LogP contribution in [0.3, 0.4) is 0 Å². The Balaban J connectivity index is 1.48. The molecule has 0 spiro atoms. The number of nitriles is 2. The van der Waals surface area contributed by atoms with E-state index in [1.54, 1.807) is 114 Å². The van der Waals surface area contributed by atoms with Gasteiger partial charge in [0.25, 0.3) is 0 Å². The van der Waals surface area contributed by atoms with Crippen molar-refractivity contribution in [2.75, 3.05) is 0 Å². The van der Waals surface area contributed by atoms with Gasteiger partial charge in [-0.25, -0.2) is 15.0 Å². The molecule has 6 nitrogen and oxygen atoms in total. The van der Waals surface area contributed by atoms with Crippen LogP contribution < -0.4 is 0 Å². The van der Waals surface area contributed by atoms with Crippen LogP contribution in [0.4, 0.5) is 26.3 Å². The zero-order valence-corrected chi connectivity index (χ0v) is 28.2. The first-order valence-corrected chi connectivity index (χ1v) is 16.6. The molecule has 0 radical (unpaired) electrons. The highest BCUT2D eigenvalue weighted by atomic mass is 19.4. The molecule has 0 saturated carbocycles. The first kappa shape index (κ1) is 34.8. The number of benzene rings is 6. The molecule has 8 aromatic rings. The van der Waals surface area contributed by atoms with Gasteiger partial charge in [-0.1, -0.05) is 78.9 Å². The number of nitrogens with zero attached hydrogens (tertiary/aromatic N) is 6. The van der Waals surface area contributed by atoms with Crippen LogP contribution in [0.5, 0.6) is 0 Å². The van der Waals surface area contributed by atoms with E-state index in [1.807, 2.05) is 0 Å². The van der Waals surface area contributed by atoms with Crippen LogP contribution in [0.15, 0.2) is 133 Å². The molecule has 0 unspecified atom stereocenters. The lowest BCUT2D eigenvalue weighted by molar-refractivity contribution is -0.143. The highest BCUT2D eigenvalue weighted by Crippen LogP contribution is 2.42. The molecule has 0 bridgehead atoms. The normalized spacial score (nSPS) is 11.8. The molecule has 8 rings (SSSR count). The summed E-state index contributed by atoms with van der Waals surface area (Å²) in [6.45, 7) is 0. The average Bonchev–Trinajstić information content (AvgIpc) is 3.53. The molecule has 55 heavy (non-hydrogen) atoms. The van der Waals surface area contributed by atoms with Gasteiger partial charge in [0.1, 0.15) is 0 Å². The second-order valence-electron chi connectivity index (χ2n) is 12.6. The quantitative estimate of drug-likeness (QED) is 0.164. The van der Waals surface area contributed by atoms with E-state index in [4.69, 9.17) is 15.0 Å². The summed E-state index contributed by atoms with van der Waals surface area (Å²) in [7, 11) is 0. The maximum Gasteiger partial charge on any atom is 0.416 e. The van der Waals surface area contributed by atoms with Gasteiger partial charge >= 0.3 is 12.4 Å². The molecule has 12 heteroatoms. The van der Waals surface area contributed by atoms with Crippen molar-refractivity contribution >= 4 is 21.8 Å². The van der Waals surface area contributed by atoms with E-state index in [-0.39, 0.29) is 40.2 Å². The number of fused-ring (bicyclic) bond motifs is 3. The van der Waals surface area contributed by atoms with Crippen LogP contribution in [-0.2, 0) is 12.4 Å². The van der Waals surface area contributed by atoms with Crippen molar-refractivity contribution < 1.29 is 26.3 Å². The highest BCUT2D eigenvalue weighted by molar-refractivity contribution is 6.10. The fraction of sp³-hybridized carbons (Fsp3) is 0.0465. The van der Waals surface area contributed by atoms with Gasteiger partial charge in [0.2, 0.25) is 0 Å². The van der Waals surface area contributed by atoms with E-state index in [9.17, 15) is 36.9 Å². The SMILES string of the molecule is N#Cc1ccc2c3ccc(C#N)cc3n(-c3ccc(-c4cc(C(F)(F)F)cc(C(F)(F)F)c4)c(-c4nc(-c5ccccc5)nc(-c5ccccc5)n4)c3)c2c1. The van der Waals surface area contributed by atoms with Crippen LogP contribution in [0.25, 0.3) is 72.8 Å². The number of rotatable bonds is 5. The highest BCUT2D eigenvalue weighted by Gasteiger charge is 2.37. The lowest BCUT2D eigenvalue weighted by Gasteiger charge is -2.18. The monoisotopic (exact) mass is 736 g/mol. The third-order valence-corrected chi connectivity index (χ3v) is 9.13. The summed E-state index contributed by atoms with van der Waals surface area (Å²) >= 11 is 0. The van der Waals surface area contributed by atoms with Crippen LogP contribution in [0.2, 0.25) is 0 Å².